The van der Waals surface area contributed by atoms with Crippen LogP contribution in [0.1, 0.15) is 34.6 Å². The molecule has 3 rings (SSSR count). The highest BCUT2D eigenvalue weighted by Crippen LogP contribution is 2.14. The van der Waals surface area contributed by atoms with E-state index in [2.05, 4.69) is 10.3 Å². The Kier molecular flexibility index (Phi) is 6.61. The van der Waals surface area contributed by atoms with E-state index in [0.29, 0.717) is 16.1 Å². The second-order valence-corrected chi connectivity index (χ2v) is 7.43. The van der Waals surface area contributed by atoms with Crippen LogP contribution in [0.15, 0.2) is 65.0 Å². The highest BCUT2D eigenvalue weighted by molar-refractivity contribution is 7.07. The van der Waals surface area contributed by atoms with Crippen molar-refractivity contribution in [3.63, 3.8) is 0 Å². The normalized spacial score (nSPS) is 12.4. The lowest BCUT2D eigenvalue weighted by Gasteiger charge is -2.15. The Balaban J connectivity index is 1.77. The van der Waals surface area contributed by atoms with Crippen LogP contribution in [0.25, 0.3) is 0 Å². The average molecular weight is 410 g/mol. The molecule has 1 atom stereocenters. The van der Waals surface area contributed by atoms with Crippen LogP contribution in [-0.2, 0) is 11.3 Å². The molecule has 0 fully saturated rings. The van der Waals surface area contributed by atoms with Crippen LogP contribution in [0.4, 0.5) is 0 Å². The van der Waals surface area contributed by atoms with Gasteiger partial charge >= 0.3 is 0 Å². The summed E-state index contributed by atoms with van der Waals surface area (Å²) in [6.07, 6.45) is 0. The number of nitrogens with one attached hydrogen (secondary N) is 1. The van der Waals surface area contributed by atoms with Crippen molar-refractivity contribution in [3.8, 4) is 5.75 Å². The number of ether oxygens (including phenoxy) is 1. The summed E-state index contributed by atoms with van der Waals surface area (Å²) in [4.78, 5) is 29.8. The van der Waals surface area contributed by atoms with Crippen molar-refractivity contribution in [3.05, 3.63) is 81.6 Å². The van der Waals surface area contributed by atoms with Crippen LogP contribution < -0.4 is 14.9 Å². The van der Waals surface area contributed by atoms with Gasteiger partial charge in [0.2, 0.25) is 5.91 Å². The second kappa shape index (κ2) is 9.34. The Labute approximate surface area is 173 Å². The highest BCUT2D eigenvalue weighted by Gasteiger charge is 2.13. The van der Waals surface area contributed by atoms with E-state index in [0.717, 1.165) is 11.3 Å². The maximum atomic E-state index is 12.6. The fourth-order valence-corrected chi connectivity index (χ4v) is 3.73. The molecule has 0 aliphatic carbocycles. The summed E-state index contributed by atoms with van der Waals surface area (Å²) >= 11 is 1.33. The predicted octanol–water partition coefficient (Wildman–Crippen LogP) is 3.49. The van der Waals surface area contributed by atoms with Crippen molar-refractivity contribution >= 4 is 23.2 Å². The number of aryl methyl sites for hydroxylation is 1. The van der Waals surface area contributed by atoms with Crippen molar-refractivity contribution in [1.82, 2.24) is 9.88 Å². The summed E-state index contributed by atoms with van der Waals surface area (Å²) in [6, 6.07) is 16.5. The second-order valence-electron chi connectivity index (χ2n) is 6.59. The Morgan fingerprint density at radius 3 is 2.66 bits per heavy atom. The van der Waals surface area contributed by atoms with Gasteiger partial charge in [-0.25, -0.2) is 0 Å². The predicted molar refractivity (Wildman–Crippen MR) is 113 cm³/mol. The van der Waals surface area contributed by atoms with E-state index < -0.39 is 0 Å². The largest absolute Gasteiger partial charge is 0.497 e. The molecule has 29 heavy (non-hydrogen) atoms. The number of amides is 2. The third kappa shape index (κ3) is 5.20. The number of benzene rings is 2. The first-order chi connectivity index (χ1) is 14.0. The number of hydrogen-bond donors (Lipinski definition) is 1. The Bertz CT molecular complexity index is 1070. The molecule has 7 heteroatoms. The molecule has 1 heterocycles. The molecular weight excluding hydrogens is 386 g/mol. The van der Waals surface area contributed by atoms with Crippen LogP contribution in [0.2, 0.25) is 0 Å². The third-order valence-electron chi connectivity index (χ3n) is 4.48. The molecule has 0 bridgehead atoms. The summed E-state index contributed by atoms with van der Waals surface area (Å²) in [7, 11) is 1.55. The molecule has 0 saturated heterocycles. The zero-order valence-electron chi connectivity index (χ0n) is 16.6. The monoisotopic (exact) mass is 409 g/mol. The van der Waals surface area contributed by atoms with Gasteiger partial charge in [0.25, 0.3) is 5.91 Å². The smallest absolute Gasteiger partial charge is 0.279 e. The van der Waals surface area contributed by atoms with Crippen LogP contribution in [-0.4, -0.2) is 23.5 Å². The van der Waals surface area contributed by atoms with Gasteiger partial charge < -0.3 is 14.6 Å². The van der Waals surface area contributed by atoms with Gasteiger partial charge in [-0.3, -0.25) is 9.59 Å². The minimum absolute atomic E-state index is 0.0940. The summed E-state index contributed by atoms with van der Waals surface area (Å²) in [5.41, 5.74) is 2.34. The Morgan fingerprint density at radius 2 is 1.93 bits per heavy atom. The molecule has 6 nitrogen and oxygen atoms in total. The van der Waals surface area contributed by atoms with Crippen LogP contribution in [0.3, 0.4) is 0 Å². The number of carbonyl (C=O) groups is 2. The van der Waals surface area contributed by atoms with Gasteiger partial charge in [0.1, 0.15) is 12.3 Å². The molecule has 2 aromatic carbocycles. The summed E-state index contributed by atoms with van der Waals surface area (Å²) < 4.78 is 6.91. The maximum Gasteiger partial charge on any atom is 0.279 e. The number of aromatic nitrogens is 1. The minimum atomic E-state index is -0.377. The van der Waals surface area contributed by atoms with Gasteiger partial charge in [-0.2, -0.15) is 4.99 Å². The summed E-state index contributed by atoms with van der Waals surface area (Å²) in [5, 5.41) is 4.87. The SMILES string of the molecule is COc1cccc(C(=O)N=c2scc(C)n2CC(=O)N[C@@H](C)c2ccccc2)c1. The maximum absolute atomic E-state index is 12.6. The van der Waals surface area contributed by atoms with E-state index in [1.165, 1.54) is 11.3 Å². The fraction of sp³-hybridized carbons (Fsp3) is 0.227. The highest BCUT2D eigenvalue weighted by atomic mass is 32.1. The van der Waals surface area contributed by atoms with Crippen molar-refractivity contribution < 1.29 is 14.3 Å². The molecule has 1 N–H and O–H groups in total. The summed E-state index contributed by atoms with van der Waals surface area (Å²) in [5.74, 6) is 0.0752. The molecule has 0 spiro atoms. The number of methoxy groups -OCH3 is 1. The van der Waals surface area contributed by atoms with Gasteiger partial charge in [0.15, 0.2) is 4.80 Å². The van der Waals surface area contributed by atoms with Crippen molar-refractivity contribution in [1.29, 1.82) is 0 Å². The number of nitrogens with zero attached hydrogens (tertiary/aromatic N) is 2. The first-order valence-electron chi connectivity index (χ1n) is 9.20. The molecule has 3 aromatic rings. The Hall–Kier alpha value is -3.19. The zero-order valence-corrected chi connectivity index (χ0v) is 17.4. The topological polar surface area (TPSA) is 72.7 Å². The van der Waals surface area contributed by atoms with Crippen molar-refractivity contribution in [2.75, 3.05) is 7.11 Å². The molecule has 0 aliphatic rings. The quantitative estimate of drug-likeness (QED) is 0.677. The van der Waals surface area contributed by atoms with E-state index in [4.69, 9.17) is 4.74 Å². The molecule has 1 aromatic heterocycles. The van der Waals surface area contributed by atoms with Gasteiger partial charge in [-0.05, 0) is 37.6 Å². The number of carbonyl (C=O) groups excluding carboxylic acids is 2. The van der Waals surface area contributed by atoms with E-state index >= 15 is 0 Å². The van der Waals surface area contributed by atoms with Crippen LogP contribution >= 0.6 is 11.3 Å². The third-order valence-corrected chi connectivity index (χ3v) is 5.47. The van der Waals surface area contributed by atoms with Crippen LogP contribution in [0, 0.1) is 6.92 Å². The minimum Gasteiger partial charge on any atom is -0.497 e. The average Bonchev–Trinajstić information content (AvgIpc) is 3.07. The number of hydrogen-bond acceptors (Lipinski definition) is 4. The summed E-state index contributed by atoms with van der Waals surface area (Å²) in [6.45, 7) is 3.92. The lowest BCUT2D eigenvalue weighted by Crippen LogP contribution is -2.33. The number of thiazole rings is 1. The van der Waals surface area contributed by atoms with Gasteiger partial charge in [0, 0.05) is 16.6 Å². The Morgan fingerprint density at radius 1 is 1.17 bits per heavy atom. The molecule has 0 unspecified atom stereocenters. The molecule has 0 aliphatic heterocycles. The van der Waals surface area contributed by atoms with Crippen LogP contribution in [0.5, 0.6) is 5.75 Å². The zero-order chi connectivity index (χ0) is 20.8. The van der Waals surface area contributed by atoms with Crippen molar-refractivity contribution in [2.24, 2.45) is 4.99 Å². The molecule has 150 valence electrons. The molecule has 0 saturated carbocycles. The van der Waals surface area contributed by atoms with Gasteiger partial charge in [-0.1, -0.05) is 36.4 Å². The van der Waals surface area contributed by atoms with E-state index in [9.17, 15) is 9.59 Å². The first kappa shape index (κ1) is 20.5. The van der Waals surface area contributed by atoms with Gasteiger partial charge in [-0.15, -0.1) is 11.3 Å². The standard InChI is InChI=1S/C22H23N3O3S/c1-15-14-29-22(24-21(27)18-10-7-11-19(12-18)28-3)25(15)13-20(26)23-16(2)17-8-5-4-6-9-17/h4-12,14,16H,13H2,1-3H3,(H,23,26)/t16-/m0/s1. The molecule has 2 amide bonds. The van der Waals surface area contributed by atoms with Crippen molar-refractivity contribution in [2.45, 2.75) is 26.4 Å². The molecular formula is C22H23N3O3S. The molecule has 0 radical (unpaired) electrons. The fourth-order valence-electron chi connectivity index (χ4n) is 2.86. The van der Waals surface area contributed by atoms with E-state index in [-0.39, 0.29) is 24.4 Å². The van der Waals surface area contributed by atoms with Gasteiger partial charge in [0.05, 0.1) is 13.2 Å². The lowest BCUT2D eigenvalue weighted by molar-refractivity contribution is -0.122. The lowest BCUT2D eigenvalue weighted by atomic mass is 10.1. The van der Waals surface area contributed by atoms with E-state index in [1.807, 2.05) is 49.6 Å². The van der Waals surface area contributed by atoms with E-state index in [1.54, 1.807) is 35.9 Å². The number of rotatable bonds is 6. The first-order valence-corrected chi connectivity index (χ1v) is 10.1.